The number of nitrogens with one attached hydrogen (secondary N) is 1. The summed E-state index contributed by atoms with van der Waals surface area (Å²) in [6.07, 6.45) is 1.32. The van der Waals surface area contributed by atoms with Crippen molar-refractivity contribution in [1.82, 2.24) is 4.98 Å². The van der Waals surface area contributed by atoms with Crippen molar-refractivity contribution in [2.75, 3.05) is 16.8 Å². The molecule has 0 saturated carbocycles. The highest BCUT2D eigenvalue weighted by Gasteiger charge is 2.22. The molecule has 160 valence electrons. The number of fused-ring (bicyclic) bond motifs is 1. The van der Waals surface area contributed by atoms with Gasteiger partial charge in [-0.15, -0.1) is 0 Å². The molecule has 1 saturated heterocycles. The summed E-state index contributed by atoms with van der Waals surface area (Å²) in [5.41, 5.74) is 1.85. The second-order valence-corrected chi connectivity index (χ2v) is 7.42. The second-order valence-electron chi connectivity index (χ2n) is 7.42. The van der Waals surface area contributed by atoms with Crippen LogP contribution in [-0.2, 0) is 11.3 Å². The molecule has 1 aromatic heterocycles. The van der Waals surface area contributed by atoms with Crippen LogP contribution in [0.3, 0.4) is 0 Å². The van der Waals surface area contributed by atoms with Gasteiger partial charge < -0.3 is 19.8 Å². The fourth-order valence-electron chi connectivity index (χ4n) is 3.68. The number of hydrogen-bond acceptors (Lipinski definition) is 6. The number of aromatic nitrogens is 1. The molecule has 0 bridgehead atoms. The van der Waals surface area contributed by atoms with Crippen molar-refractivity contribution in [3.63, 3.8) is 0 Å². The van der Waals surface area contributed by atoms with E-state index >= 15 is 0 Å². The Bertz CT molecular complexity index is 1100. The highest BCUT2D eigenvalue weighted by molar-refractivity contribution is 6.01. The number of anilines is 2. The Morgan fingerprint density at radius 1 is 1.13 bits per heavy atom. The number of piperidine rings is 1. The molecule has 1 amide bonds. The van der Waals surface area contributed by atoms with E-state index in [1.54, 1.807) is 18.2 Å². The summed E-state index contributed by atoms with van der Waals surface area (Å²) >= 11 is 0. The summed E-state index contributed by atoms with van der Waals surface area (Å²) in [5, 5.41) is 23.0. The first-order chi connectivity index (χ1) is 15.0. The third-order valence-electron chi connectivity index (χ3n) is 5.26. The van der Waals surface area contributed by atoms with E-state index in [9.17, 15) is 19.8 Å². The molecule has 1 aliphatic heterocycles. The van der Waals surface area contributed by atoms with Crippen LogP contribution < -0.4 is 10.2 Å². The molecular weight excluding hydrogens is 398 g/mol. The molecule has 3 N–H and O–H groups in total. The number of aliphatic hydroxyl groups excluding tert-OH is 1. The Balaban J connectivity index is 1.56. The first kappa shape index (κ1) is 20.6. The zero-order chi connectivity index (χ0) is 21.8. The number of aliphatic hydroxyl groups is 1. The number of hydrogen-bond donors (Lipinski definition) is 3. The Hall–Kier alpha value is -3.65. The van der Waals surface area contributed by atoms with Crippen LogP contribution in [0.15, 0.2) is 54.6 Å². The van der Waals surface area contributed by atoms with Crippen LogP contribution in [-0.4, -0.2) is 40.0 Å². The van der Waals surface area contributed by atoms with Gasteiger partial charge in [-0.1, -0.05) is 36.4 Å². The second kappa shape index (κ2) is 9.01. The lowest BCUT2D eigenvalue weighted by atomic mass is 10.1. The van der Waals surface area contributed by atoms with Gasteiger partial charge in [0, 0.05) is 17.6 Å². The van der Waals surface area contributed by atoms with Crippen LogP contribution in [0.4, 0.5) is 16.2 Å². The third-order valence-corrected chi connectivity index (χ3v) is 5.26. The first-order valence-electron chi connectivity index (χ1n) is 10.1. The molecule has 8 nitrogen and oxygen atoms in total. The van der Waals surface area contributed by atoms with Gasteiger partial charge in [-0.3, -0.25) is 5.32 Å². The van der Waals surface area contributed by atoms with E-state index in [1.807, 2.05) is 41.3 Å². The maximum atomic E-state index is 12.2. The van der Waals surface area contributed by atoms with Crippen LogP contribution in [0.25, 0.3) is 10.9 Å². The van der Waals surface area contributed by atoms with E-state index in [0.29, 0.717) is 17.3 Å². The maximum Gasteiger partial charge on any atom is 0.412 e. The smallest absolute Gasteiger partial charge is 0.412 e. The number of aromatic carboxylic acids is 1. The van der Waals surface area contributed by atoms with Crippen LogP contribution >= 0.6 is 0 Å². The number of carbonyl (C=O) groups excluding carboxylic acids is 1. The van der Waals surface area contributed by atoms with Gasteiger partial charge in [0.25, 0.3) is 0 Å². The van der Waals surface area contributed by atoms with E-state index < -0.39 is 18.3 Å². The lowest BCUT2D eigenvalue weighted by molar-refractivity contribution is 0.0692. The lowest BCUT2D eigenvalue weighted by Crippen LogP contribution is -2.39. The number of nitrogens with zero attached hydrogens (tertiary/aromatic N) is 2. The number of ether oxygens (including phenoxy) is 1. The van der Waals surface area contributed by atoms with E-state index in [0.717, 1.165) is 30.6 Å². The molecule has 2 aromatic carbocycles. The van der Waals surface area contributed by atoms with Crippen LogP contribution in [0.2, 0.25) is 0 Å². The van der Waals surface area contributed by atoms with Crippen molar-refractivity contribution >= 4 is 34.3 Å². The molecule has 2 heterocycles. The summed E-state index contributed by atoms with van der Waals surface area (Å²) in [4.78, 5) is 30.1. The monoisotopic (exact) mass is 421 g/mol. The molecule has 0 aliphatic carbocycles. The van der Waals surface area contributed by atoms with Crippen molar-refractivity contribution in [3.05, 3.63) is 65.9 Å². The van der Waals surface area contributed by atoms with Crippen LogP contribution in [0.5, 0.6) is 0 Å². The Morgan fingerprint density at radius 2 is 1.94 bits per heavy atom. The Morgan fingerprint density at radius 3 is 2.68 bits per heavy atom. The molecule has 1 aliphatic rings. The quantitative estimate of drug-likeness (QED) is 0.571. The van der Waals surface area contributed by atoms with E-state index in [2.05, 4.69) is 10.3 Å². The zero-order valence-corrected chi connectivity index (χ0v) is 16.8. The van der Waals surface area contributed by atoms with E-state index in [1.165, 1.54) is 0 Å². The molecular formula is C23H23N3O5. The number of carboxylic acids is 1. The molecule has 0 radical (unpaired) electrons. The fourth-order valence-corrected chi connectivity index (χ4v) is 3.68. The van der Waals surface area contributed by atoms with Gasteiger partial charge >= 0.3 is 12.1 Å². The Kier molecular flexibility index (Phi) is 5.99. The van der Waals surface area contributed by atoms with Crippen LogP contribution in [0.1, 0.15) is 35.3 Å². The average Bonchev–Trinajstić information content (AvgIpc) is 2.78. The topological polar surface area (TPSA) is 112 Å². The zero-order valence-electron chi connectivity index (χ0n) is 16.8. The molecule has 1 atom stereocenters. The van der Waals surface area contributed by atoms with Crippen molar-refractivity contribution in [2.24, 2.45) is 0 Å². The molecule has 4 rings (SSSR count). The average molecular weight is 421 g/mol. The van der Waals surface area contributed by atoms with Crippen molar-refractivity contribution in [2.45, 2.75) is 32.1 Å². The minimum atomic E-state index is -1.26. The molecule has 1 unspecified atom stereocenters. The van der Waals surface area contributed by atoms with Gasteiger partial charge in [0.2, 0.25) is 0 Å². The Labute approximate surface area is 179 Å². The largest absolute Gasteiger partial charge is 0.476 e. The highest BCUT2D eigenvalue weighted by Crippen LogP contribution is 2.29. The van der Waals surface area contributed by atoms with Gasteiger partial charge in [0.05, 0.1) is 11.2 Å². The van der Waals surface area contributed by atoms with Crippen molar-refractivity contribution in [3.8, 4) is 0 Å². The molecule has 1 fully saturated rings. The molecule has 0 spiro atoms. The first-order valence-corrected chi connectivity index (χ1v) is 10.1. The summed E-state index contributed by atoms with van der Waals surface area (Å²) in [6.45, 7) is 0.795. The summed E-state index contributed by atoms with van der Waals surface area (Å²) < 4.78 is 5.18. The highest BCUT2D eigenvalue weighted by atomic mass is 16.5. The van der Waals surface area contributed by atoms with Crippen molar-refractivity contribution in [1.29, 1.82) is 0 Å². The normalized spacial score (nSPS) is 16.2. The number of carbonyl (C=O) groups is 2. The number of pyridine rings is 1. The predicted molar refractivity (Wildman–Crippen MR) is 116 cm³/mol. The number of benzene rings is 2. The van der Waals surface area contributed by atoms with Crippen molar-refractivity contribution < 1.29 is 24.5 Å². The van der Waals surface area contributed by atoms with Gasteiger partial charge in [0.15, 0.2) is 5.69 Å². The summed E-state index contributed by atoms with van der Waals surface area (Å²) in [7, 11) is 0. The maximum absolute atomic E-state index is 12.2. The predicted octanol–water partition coefficient (Wildman–Crippen LogP) is 3.99. The third kappa shape index (κ3) is 4.75. The van der Waals surface area contributed by atoms with E-state index in [-0.39, 0.29) is 18.0 Å². The molecule has 8 heteroatoms. The molecule has 3 aromatic rings. The number of amides is 1. The van der Waals surface area contributed by atoms with Gasteiger partial charge in [-0.25, -0.2) is 14.6 Å². The van der Waals surface area contributed by atoms with Crippen LogP contribution in [0, 0.1) is 0 Å². The summed E-state index contributed by atoms with van der Waals surface area (Å²) in [6, 6.07) is 16.2. The minimum Gasteiger partial charge on any atom is -0.476 e. The van der Waals surface area contributed by atoms with Gasteiger partial charge in [-0.2, -0.15) is 0 Å². The number of carboxylic acid groups (broad SMARTS) is 1. The fraction of sp³-hybridized carbons (Fsp3) is 0.261. The lowest BCUT2D eigenvalue weighted by Gasteiger charge is -2.34. The van der Waals surface area contributed by atoms with E-state index in [4.69, 9.17) is 4.74 Å². The van der Waals surface area contributed by atoms with Gasteiger partial charge in [0.1, 0.15) is 12.8 Å². The van der Waals surface area contributed by atoms with Gasteiger partial charge in [-0.05, 0) is 43.0 Å². The summed E-state index contributed by atoms with van der Waals surface area (Å²) in [5.74, 6) is -1.26. The standard InChI is InChI=1S/C23H23N3O5/c27-20-8-4-5-11-26(20)17-10-9-16-12-19(21(22(28)29)24-18(16)13-17)25-23(30)31-14-15-6-2-1-3-7-15/h1-3,6-7,9-10,12-13,20,27H,4-5,8,11,14H2,(H,25,30)(H,28,29). The SMILES string of the molecule is O=C(Nc1cc2ccc(N3CCCCC3O)cc2nc1C(=O)O)OCc1ccccc1. The molecule has 31 heavy (non-hydrogen) atoms. The minimum absolute atomic E-state index is 0.0591. The number of rotatable bonds is 5.